The van der Waals surface area contributed by atoms with Crippen molar-refractivity contribution in [3.8, 4) is 0 Å². The Kier molecular flexibility index (Phi) is 4.49. The zero-order valence-electron chi connectivity index (χ0n) is 9.67. The molecule has 0 unspecified atom stereocenters. The van der Waals surface area contributed by atoms with E-state index in [0.29, 0.717) is 16.6 Å². The Morgan fingerprint density at radius 3 is 2.72 bits per heavy atom. The molecule has 0 radical (unpaired) electrons. The summed E-state index contributed by atoms with van der Waals surface area (Å²) in [4.78, 5) is 4.34. The second-order valence-corrected chi connectivity index (χ2v) is 5.51. The van der Waals surface area contributed by atoms with E-state index in [1.807, 2.05) is 37.3 Å². The zero-order chi connectivity index (χ0) is 13.1. The molecule has 0 saturated heterocycles. The Bertz CT molecular complexity index is 573. The van der Waals surface area contributed by atoms with Crippen molar-refractivity contribution in [2.24, 2.45) is 0 Å². The largest absolute Gasteiger partial charge is 0.378 e. The predicted octanol–water partition coefficient (Wildman–Crippen LogP) is 5.07. The fourth-order valence-electron chi connectivity index (χ4n) is 1.52. The van der Waals surface area contributed by atoms with Gasteiger partial charge in [0.05, 0.1) is 22.9 Å². The Balaban J connectivity index is 2.13. The van der Waals surface area contributed by atoms with Crippen LogP contribution in [0.5, 0.6) is 0 Å². The lowest BCUT2D eigenvalue weighted by Gasteiger charge is -2.10. The molecule has 94 valence electrons. The number of nitrogens with one attached hydrogen (secondary N) is 1. The summed E-state index contributed by atoms with van der Waals surface area (Å²) in [6, 6.07) is 9.45. The van der Waals surface area contributed by atoms with Crippen molar-refractivity contribution in [2.45, 2.75) is 13.5 Å². The molecule has 0 atom stereocenters. The van der Waals surface area contributed by atoms with Crippen molar-refractivity contribution in [1.82, 2.24) is 4.98 Å². The molecule has 5 heteroatoms. The molecular formula is C13H11BrCl2N2. The smallest absolute Gasteiger partial charge is 0.106 e. The van der Waals surface area contributed by atoms with Crippen LogP contribution in [0.4, 0.5) is 5.69 Å². The van der Waals surface area contributed by atoms with E-state index in [2.05, 4.69) is 26.2 Å². The average molecular weight is 346 g/mol. The van der Waals surface area contributed by atoms with Gasteiger partial charge in [0.25, 0.3) is 0 Å². The van der Waals surface area contributed by atoms with Gasteiger partial charge in [0.15, 0.2) is 0 Å². The van der Waals surface area contributed by atoms with E-state index in [1.54, 1.807) is 0 Å². The van der Waals surface area contributed by atoms with Gasteiger partial charge in [-0.15, -0.1) is 0 Å². The standard InChI is InChI=1S/C13H11BrCl2N2/c1-8-5-11(16)12(6-10(8)15)17-7-9-3-2-4-13(14)18-9/h2-6,17H,7H2,1H3. The van der Waals surface area contributed by atoms with Gasteiger partial charge in [0, 0.05) is 5.02 Å². The predicted molar refractivity (Wildman–Crippen MR) is 80.5 cm³/mol. The topological polar surface area (TPSA) is 24.9 Å². The number of hydrogen-bond acceptors (Lipinski definition) is 2. The number of aromatic nitrogens is 1. The van der Waals surface area contributed by atoms with Crippen molar-refractivity contribution in [3.05, 3.63) is 56.2 Å². The van der Waals surface area contributed by atoms with Crippen LogP contribution in [-0.4, -0.2) is 4.98 Å². The maximum atomic E-state index is 6.15. The van der Waals surface area contributed by atoms with Crippen LogP contribution in [0.25, 0.3) is 0 Å². The Labute approximate surface area is 124 Å². The summed E-state index contributed by atoms with van der Waals surface area (Å²) in [7, 11) is 0. The molecule has 1 N–H and O–H groups in total. The summed E-state index contributed by atoms with van der Waals surface area (Å²) in [5, 5.41) is 4.58. The van der Waals surface area contributed by atoms with E-state index in [-0.39, 0.29) is 0 Å². The number of anilines is 1. The Morgan fingerprint density at radius 2 is 2.00 bits per heavy atom. The first-order valence-corrected chi connectivity index (χ1v) is 6.92. The summed E-state index contributed by atoms with van der Waals surface area (Å²) in [6.07, 6.45) is 0. The third-order valence-corrected chi connectivity index (χ3v) is 3.64. The minimum Gasteiger partial charge on any atom is -0.378 e. The molecular weight excluding hydrogens is 335 g/mol. The first-order chi connectivity index (χ1) is 8.56. The zero-order valence-corrected chi connectivity index (χ0v) is 12.8. The number of hydrogen-bond donors (Lipinski definition) is 1. The van der Waals surface area contributed by atoms with Crippen molar-refractivity contribution in [3.63, 3.8) is 0 Å². The van der Waals surface area contributed by atoms with Crippen molar-refractivity contribution in [1.29, 1.82) is 0 Å². The van der Waals surface area contributed by atoms with Crippen LogP contribution < -0.4 is 5.32 Å². The molecule has 0 saturated carbocycles. The highest BCUT2D eigenvalue weighted by molar-refractivity contribution is 9.10. The molecule has 1 aromatic heterocycles. The third-order valence-electron chi connectivity index (χ3n) is 2.48. The fraction of sp³-hybridized carbons (Fsp3) is 0.154. The summed E-state index contributed by atoms with van der Waals surface area (Å²) >= 11 is 15.6. The number of pyridine rings is 1. The highest BCUT2D eigenvalue weighted by atomic mass is 79.9. The summed E-state index contributed by atoms with van der Waals surface area (Å²) in [5.41, 5.74) is 2.71. The molecule has 2 rings (SSSR count). The molecule has 0 fully saturated rings. The van der Waals surface area contributed by atoms with E-state index >= 15 is 0 Å². The van der Waals surface area contributed by atoms with Crippen LogP contribution in [0.3, 0.4) is 0 Å². The summed E-state index contributed by atoms with van der Waals surface area (Å²) in [6.45, 7) is 2.52. The minimum atomic E-state index is 0.596. The molecule has 2 aromatic rings. The molecule has 18 heavy (non-hydrogen) atoms. The van der Waals surface area contributed by atoms with Crippen LogP contribution in [0.1, 0.15) is 11.3 Å². The molecule has 0 spiro atoms. The van der Waals surface area contributed by atoms with E-state index in [1.165, 1.54) is 0 Å². The number of nitrogens with zero attached hydrogens (tertiary/aromatic N) is 1. The second kappa shape index (κ2) is 5.91. The van der Waals surface area contributed by atoms with E-state index in [9.17, 15) is 0 Å². The first kappa shape index (κ1) is 13.7. The van der Waals surface area contributed by atoms with Crippen LogP contribution >= 0.6 is 39.1 Å². The third kappa shape index (κ3) is 3.37. The van der Waals surface area contributed by atoms with Crippen molar-refractivity contribution in [2.75, 3.05) is 5.32 Å². The highest BCUT2D eigenvalue weighted by Crippen LogP contribution is 2.29. The van der Waals surface area contributed by atoms with Gasteiger partial charge in [-0.05, 0) is 52.7 Å². The maximum Gasteiger partial charge on any atom is 0.106 e. The summed E-state index contributed by atoms with van der Waals surface area (Å²) < 4.78 is 0.815. The highest BCUT2D eigenvalue weighted by Gasteiger charge is 2.05. The molecule has 1 aromatic carbocycles. The molecule has 0 aliphatic rings. The SMILES string of the molecule is Cc1cc(Cl)c(NCc2cccc(Br)n2)cc1Cl. The second-order valence-electron chi connectivity index (χ2n) is 3.89. The van der Waals surface area contributed by atoms with Crippen molar-refractivity contribution >= 4 is 44.8 Å². The number of benzene rings is 1. The number of rotatable bonds is 3. The molecule has 0 aliphatic heterocycles. The molecule has 0 bridgehead atoms. The van der Waals surface area contributed by atoms with Crippen LogP contribution in [0.2, 0.25) is 10.0 Å². The molecule has 2 nitrogen and oxygen atoms in total. The quantitative estimate of drug-likeness (QED) is 0.785. The molecule has 0 amide bonds. The first-order valence-electron chi connectivity index (χ1n) is 5.37. The normalized spacial score (nSPS) is 10.4. The van der Waals surface area contributed by atoms with Gasteiger partial charge in [-0.1, -0.05) is 29.3 Å². The van der Waals surface area contributed by atoms with Gasteiger partial charge in [-0.25, -0.2) is 4.98 Å². The van der Waals surface area contributed by atoms with Gasteiger partial charge in [-0.2, -0.15) is 0 Å². The van der Waals surface area contributed by atoms with Crippen molar-refractivity contribution < 1.29 is 0 Å². The van der Waals surface area contributed by atoms with Crippen LogP contribution in [-0.2, 0) is 6.54 Å². The van der Waals surface area contributed by atoms with Gasteiger partial charge < -0.3 is 5.32 Å². The van der Waals surface area contributed by atoms with Gasteiger partial charge in [-0.3, -0.25) is 0 Å². The Morgan fingerprint density at radius 1 is 1.22 bits per heavy atom. The molecule has 0 aliphatic carbocycles. The van der Waals surface area contributed by atoms with Crippen LogP contribution in [0, 0.1) is 6.92 Å². The lowest BCUT2D eigenvalue weighted by atomic mass is 10.2. The van der Waals surface area contributed by atoms with Gasteiger partial charge >= 0.3 is 0 Å². The van der Waals surface area contributed by atoms with E-state index < -0.39 is 0 Å². The van der Waals surface area contributed by atoms with Crippen LogP contribution in [0.15, 0.2) is 34.9 Å². The Hall–Kier alpha value is -0.770. The summed E-state index contributed by atoms with van der Waals surface area (Å²) in [5.74, 6) is 0. The maximum absolute atomic E-state index is 6.15. The van der Waals surface area contributed by atoms with E-state index in [4.69, 9.17) is 23.2 Å². The monoisotopic (exact) mass is 344 g/mol. The lowest BCUT2D eigenvalue weighted by molar-refractivity contribution is 1.03. The van der Waals surface area contributed by atoms with Gasteiger partial charge in [0.2, 0.25) is 0 Å². The van der Waals surface area contributed by atoms with E-state index in [0.717, 1.165) is 21.5 Å². The minimum absolute atomic E-state index is 0.596. The number of halogens is 3. The average Bonchev–Trinajstić information content (AvgIpc) is 2.32. The lowest BCUT2D eigenvalue weighted by Crippen LogP contribution is -2.02. The molecule has 1 heterocycles. The fourth-order valence-corrected chi connectivity index (χ4v) is 2.35. The van der Waals surface area contributed by atoms with Gasteiger partial charge in [0.1, 0.15) is 4.60 Å². The number of aryl methyl sites for hydroxylation is 1.